The molecule has 4 heteroatoms. The minimum absolute atomic E-state index is 0.594. The minimum Gasteiger partial charge on any atom is -0.376 e. The molecule has 0 bridgehead atoms. The molecule has 0 unspecified atom stereocenters. The van der Waals surface area contributed by atoms with Crippen LogP contribution >= 0.6 is 0 Å². The summed E-state index contributed by atoms with van der Waals surface area (Å²) in [6.07, 6.45) is 2.56. The number of hydrogen-bond donors (Lipinski definition) is 0. The minimum atomic E-state index is -0.810. The Morgan fingerprint density at radius 3 is 2.33 bits per heavy atom. The van der Waals surface area contributed by atoms with E-state index < -0.39 is 15.7 Å². The van der Waals surface area contributed by atoms with Gasteiger partial charge in [-0.05, 0) is 6.04 Å². The topological polar surface area (TPSA) is 27.7 Å². The lowest BCUT2D eigenvalue weighted by molar-refractivity contribution is -0.324. The maximum Gasteiger partial charge on any atom is 0.272 e. The Balaban J connectivity index is 3.84. The van der Waals surface area contributed by atoms with Crippen LogP contribution in [-0.2, 0) is 13.9 Å². The first-order valence-corrected chi connectivity index (χ1v) is 5.67. The lowest BCUT2D eigenvalue weighted by Gasteiger charge is -2.29. The normalized spacial score (nSPS) is 12.6. The van der Waals surface area contributed by atoms with Crippen LogP contribution in [0, 0.1) is 0 Å². The van der Waals surface area contributed by atoms with Crippen molar-refractivity contribution in [1.29, 1.82) is 0 Å². The van der Waals surface area contributed by atoms with Crippen molar-refractivity contribution in [3.63, 3.8) is 0 Å². The Bertz CT molecular complexity index is 115. The zero-order valence-electron chi connectivity index (χ0n) is 8.13. The number of ether oxygens (including phenoxy) is 2. The van der Waals surface area contributed by atoms with Crippen LogP contribution < -0.4 is 0 Å². The van der Waals surface area contributed by atoms with Gasteiger partial charge in [0.15, 0.2) is 9.76 Å². The largest absolute Gasteiger partial charge is 0.376 e. The van der Waals surface area contributed by atoms with Crippen LogP contribution in [0.3, 0.4) is 0 Å². The van der Waals surface area contributed by atoms with E-state index in [0.717, 1.165) is 6.04 Å². The third-order valence-electron chi connectivity index (χ3n) is 1.70. The highest BCUT2D eigenvalue weighted by molar-refractivity contribution is 6.27. The van der Waals surface area contributed by atoms with Crippen molar-refractivity contribution >= 4 is 9.76 Å². The fourth-order valence-corrected chi connectivity index (χ4v) is 1.93. The second-order valence-electron chi connectivity index (χ2n) is 2.37. The maximum atomic E-state index is 5.54. The molecule has 0 radical (unpaired) electrons. The summed E-state index contributed by atoms with van der Waals surface area (Å²) in [4.78, 5) is 0. The molecule has 0 saturated carbocycles. The molecule has 0 aliphatic heterocycles. The number of rotatable bonds is 7. The van der Waals surface area contributed by atoms with Crippen LogP contribution in [0.25, 0.3) is 0 Å². The average Bonchev–Trinajstić information content (AvgIpc) is 2.14. The number of methoxy groups -OCH3 is 2. The summed E-state index contributed by atoms with van der Waals surface area (Å²) in [6.45, 7) is 5.60. The van der Waals surface area contributed by atoms with Gasteiger partial charge in [0.2, 0.25) is 0 Å². The van der Waals surface area contributed by atoms with E-state index in [-0.39, 0.29) is 0 Å². The van der Waals surface area contributed by atoms with Gasteiger partial charge in [0.05, 0.1) is 0 Å². The third kappa shape index (κ3) is 3.49. The predicted octanol–water partition coefficient (Wildman–Crippen LogP) is 1.05. The van der Waals surface area contributed by atoms with Crippen LogP contribution in [0.15, 0.2) is 12.7 Å². The zero-order chi connectivity index (χ0) is 9.45. The van der Waals surface area contributed by atoms with Gasteiger partial charge in [0, 0.05) is 20.6 Å². The van der Waals surface area contributed by atoms with Crippen molar-refractivity contribution in [3.05, 3.63) is 12.7 Å². The molecule has 0 amide bonds. The van der Waals surface area contributed by atoms with Crippen molar-refractivity contribution in [2.75, 3.05) is 14.2 Å². The van der Waals surface area contributed by atoms with Gasteiger partial charge >= 0.3 is 0 Å². The summed E-state index contributed by atoms with van der Waals surface area (Å²) >= 11 is 0. The van der Waals surface area contributed by atoms with Crippen LogP contribution in [0.2, 0.25) is 6.04 Å². The molecule has 0 aliphatic rings. The summed E-state index contributed by atoms with van der Waals surface area (Å²) < 4.78 is 15.8. The molecule has 0 atom stereocenters. The molecule has 72 valence electrons. The quantitative estimate of drug-likeness (QED) is 0.260. The van der Waals surface area contributed by atoms with E-state index in [1.165, 1.54) is 0 Å². The van der Waals surface area contributed by atoms with Gasteiger partial charge < -0.3 is 13.9 Å². The molecule has 3 nitrogen and oxygen atoms in total. The van der Waals surface area contributed by atoms with Gasteiger partial charge in [0.1, 0.15) is 0 Å². The zero-order valence-corrected chi connectivity index (χ0v) is 9.54. The summed E-state index contributed by atoms with van der Waals surface area (Å²) in [5.74, 6) is -0.810. The van der Waals surface area contributed by atoms with E-state index >= 15 is 0 Å². The van der Waals surface area contributed by atoms with E-state index in [2.05, 4.69) is 6.58 Å². The Hall–Kier alpha value is -0.163. The maximum absolute atomic E-state index is 5.54. The number of allylic oxidation sites excluding steroid dienone is 1. The van der Waals surface area contributed by atoms with Crippen molar-refractivity contribution < 1.29 is 13.9 Å². The van der Waals surface area contributed by atoms with Gasteiger partial charge in [-0.1, -0.05) is 13.0 Å². The molecule has 0 fully saturated rings. The molecule has 0 spiro atoms. The first-order chi connectivity index (χ1) is 5.74. The molecular formula is C8H18O3Si. The average molecular weight is 190 g/mol. The van der Waals surface area contributed by atoms with Crippen LogP contribution in [-0.4, -0.2) is 30.0 Å². The molecule has 12 heavy (non-hydrogen) atoms. The Kier molecular flexibility index (Phi) is 6.28. The van der Waals surface area contributed by atoms with Gasteiger partial charge in [-0.15, -0.1) is 6.58 Å². The van der Waals surface area contributed by atoms with Crippen LogP contribution in [0.1, 0.15) is 13.3 Å². The summed E-state index contributed by atoms with van der Waals surface area (Å²) in [7, 11) is 2.59. The first-order valence-electron chi connectivity index (χ1n) is 4.09. The summed E-state index contributed by atoms with van der Waals surface area (Å²) in [6, 6.07) is 0.939. The van der Waals surface area contributed by atoms with Crippen LogP contribution in [0.4, 0.5) is 0 Å². The van der Waals surface area contributed by atoms with Crippen molar-refractivity contribution in [3.8, 4) is 0 Å². The molecule has 0 aromatic rings. The van der Waals surface area contributed by atoms with Crippen LogP contribution in [0.5, 0.6) is 0 Å². The lowest BCUT2D eigenvalue weighted by atomic mass is 10.4. The fraction of sp³-hybridized carbons (Fsp3) is 0.750. The Labute approximate surface area is 76.6 Å². The molecule has 0 saturated heterocycles. The molecule has 0 N–H and O–H groups in total. The molecule has 0 heterocycles. The van der Waals surface area contributed by atoms with E-state index in [0.29, 0.717) is 6.42 Å². The van der Waals surface area contributed by atoms with Gasteiger partial charge in [-0.25, -0.2) is 0 Å². The summed E-state index contributed by atoms with van der Waals surface area (Å²) in [5.41, 5.74) is 0. The Morgan fingerprint density at radius 2 is 2.00 bits per heavy atom. The molecule has 0 aromatic heterocycles. The highest BCUT2D eigenvalue weighted by Crippen LogP contribution is 2.16. The SMILES string of the molecule is C=CC[SiH2]OC(CC)(OC)OC. The van der Waals surface area contributed by atoms with Crippen molar-refractivity contribution in [2.24, 2.45) is 0 Å². The molecule has 0 aromatic carbocycles. The summed E-state index contributed by atoms with van der Waals surface area (Å²) in [5, 5.41) is 0. The van der Waals surface area contributed by atoms with E-state index in [1.807, 2.05) is 13.0 Å². The fourth-order valence-electron chi connectivity index (χ4n) is 0.890. The standard InChI is InChI=1S/C8H18O3Si/c1-5-7-12-11-8(6-2,9-3)10-4/h5H,1,6-7,12H2,2-4H3. The van der Waals surface area contributed by atoms with Gasteiger partial charge in [-0.2, -0.15) is 0 Å². The van der Waals surface area contributed by atoms with E-state index in [1.54, 1.807) is 14.2 Å². The van der Waals surface area contributed by atoms with E-state index in [9.17, 15) is 0 Å². The number of hydrogen-bond acceptors (Lipinski definition) is 3. The second kappa shape index (κ2) is 6.36. The van der Waals surface area contributed by atoms with E-state index in [4.69, 9.17) is 13.9 Å². The Morgan fingerprint density at radius 1 is 1.42 bits per heavy atom. The van der Waals surface area contributed by atoms with Gasteiger partial charge in [-0.3, -0.25) is 0 Å². The highest BCUT2D eigenvalue weighted by Gasteiger charge is 2.27. The predicted molar refractivity (Wildman–Crippen MR) is 51.7 cm³/mol. The third-order valence-corrected chi connectivity index (χ3v) is 2.99. The molecule has 0 rings (SSSR count). The molecule has 0 aliphatic carbocycles. The van der Waals surface area contributed by atoms with Crippen molar-refractivity contribution in [2.45, 2.75) is 25.4 Å². The smallest absolute Gasteiger partial charge is 0.272 e. The highest BCUT2D eigenvalue weighted by atomic mass is 28.2. The first kappa shape index (κ1) is 11.8. The van der Waals surface area contributed by atoms with Crippen molar-refractivity contribution in [1.82, 2.24) is 0 Å². The lowest BCUT2D eigenvalue weighted by Crippen LogP contribution is -2.37. The second-order valence-corrected chi connectivity index (χ2v) is 3.64. The molecular weight excluding hydrogens is 172 g/mol. The monoisotopic (exact) mass is 190 g/mol. The van der Waals surface area contributed by atoms with Gasteiger partial charge in [0.25, 0.3) is 5.97 Å².